The van der Waals surface area contributed by atoms with Crippen LogP contribution in [0.3, 0.4) is 0 Å². The maximum absolute atomic E-state index is 13.1. The van der Waals surface area contributed by atoms with E-state index in [0.717, 1.165) is 0 Å². The number of amides is 1. The first kappa shape index (κ1) is 11.1. The molecule has 3 rings (SSSR count). The molecule has 90 valence electrons. The Morgan fingerprint density at radius 3 is 2.65 bits per heavy atom. The van der Waals surface area contributed by atoms with Gasteiger partial charge in [-0.1, -0.05) is 0 Å². The van der Waals surface area contributed by atoms with E-state index in [1.165, 1.54) is 4.90 Å². The third-order valence-electron chi connectivity index (χ3n) is 3.49. The lowest BCUT2D eigenvalue weighted by atomic mass is 9.64. The monoisotopic (exact) mass is 302 g/mol. The van der Waals surface area contributed by atoms with Gasteiger partial charge in [0.25, 0.3) is 5.92 Å². The Labute approximate surface area is 105 Å². The Morgan fingerprint density at radius 1 is 1.41 bits per heavy atom. The highest BCUT2D eigenvalue weighted by molar-refractivity contribution is 9.10. The molecule has 0 atom stereocenters. The summed E-state index contributed by atoms with van der Waals surface area (Å²) in [5.41, 5.74) is 0.0103. The average molecular weight is 303 g/mol. The molecule has 1 amide bonds. The number of carbonyl (C=O) groups excluding carboxylic acids is 1. The summed E-state index contributed by atoms with van der Waals surface area (Å²) in [6.45, 7) is 0. The smallest absolute Gasteiger partial charge is 0.251 e. The lowest BCUT2D eigenvalue weighted by Gasteiger charge is -2.42. The Kier molecular flexibility index (Phi) is 1.98. The lowest BCUT2D eigenvalue weighted by molar-refractivity contribution is -0.154. The van der Waals surface area contributed by atoms with Crippen LogP contribution >= 0.6 is 15.9 Å². The second-order valence-electron chi connectivity index (χ2n) is 4.66. The quantitative estimate of drug-likeness (QED) is 0.690. The summed E-state index contributed by atoms with van der Waals surface area (Å²) in [5.74, 6) is -3.02. The van der Waals surface area contributed by atoms with Crippen LogP contribution in [-0.2, 0) is 10.2 Å². The first-order valence-corrected chi connectivity index (χ1v) is 5.98. The lowest BCUT2D eigenvalue weighted by Crippen LogP contribution is -2.55. The zero-order valence-electron chi connectivity index (χ0n) is 9.01. The van der Waals surface area contributed by atoms with Crippen LogP contribution in [0.1, 0.15) is 18.5 Å². The minimum absolute atomic E-state index is 0.274. The largest absolute Gasteiger partial charge is 0.313 e. The van der Waals surface area contributed by atoms with Crippen molar-refractivity contribution < 1.29 is 13.6 Å². The molecule has 6 heteroatoms. The number of carbonyl (C=O) groups is 1. The molecule has 1 fully saturated rings. The van der Waals surface area contributed by atoms with Crippen LogP contribution in [0.2, 0.25) is 0 Å². The molecule has 0 bridgehead atoms. The van der Waals surface area contributed by atoms with Gasteiger partial charge in [0, 0.05) is 19.9 Å². The molecule has 17 heavy (non-hydrogen) atoms. The third kappa shape index (κ3) is 1.30. The molecule has 2 aliphatic rings. The molecular formula is C11H9BrF2N2O. The van der Waals surface area contributed by atoms with E-state index < -0.39 is 24.2 Å². The summed E-state index contributed by atoms with van der Waals surface area (Å²) < 4.78 is 26.8. The van der Waals surface area contributed by atoms with Crippen LogP contribution < -0.4 is 4.90 Å². The summed E-state index contributed by atoms with van der Waals surface area (Å²) >= 11 is 3.21. The number of alkyl halides is 2. The first-order chi connectivity index (χ1) is 7.86. The van der Waals surface area contributed by atoms with E-state index in [1.54, 1.807) is 19.2 Å². The highest BCUT2D eigenvalue weighted by Crippen LogP contribution is 2.58. The molecule has 0 N–H and O–H groups in total. The van der Waals surface area contributed by atoms with Crippen molar-refractivity contribution >= 4 is 27.5 Å². The van der Waals surface area contributed by atoms with Gasteiger partial charge in [-0.3, -0.25) is 4.79 Å². The second-order valence-corrected chi connectivity index (χ2v) is 5.47. The summed E-state index contributed by atoms with van der Waals surface area (Å²) in [7, 11) is 1.60. The Hall–Kier alpha value is -1.04. The minimum Gasteiger partial charge on any atom is -0.313 e. The summed E-state index contributed by atoms with van der Waals surface area (Å²) in [6, 6.07) is 3.44. The summed E-state index contributed by atoms with van der Waals surface area (Å²) in [6.07, 6.45) is -0.862. The molecule has 0 unspecified atom stereocenters. The Morgan fingerprint density at radius 2 is 2.06 bits per heavy atom. The van der Waals surface area contributed by atoms with Crippen molar-refractivity contribution in [2.75, 3.05) is 11.9 Å². The van der Waals surface area contributed by atoms with Crippen LogP contribution in [0, 0.1) is 0 Å². The van der Waals surface area contributed by atoms with E-state index in [-0.39, 0.29) is 5.91 Å². The van der Waals surface area contributed by atoms with Crippen LogP contribution in [0.4, 0.5) is 14.5 Å². The van der Waals surface area contributed by atoms with Crippen molar-refractivity contribution in [1.82, 2.24) is 4.98 Å². The molecule has 1 aliphatic heterocycles. The van der Waals surface area contributed by atoms with Gasteiger partial charge in [0.1, 0.15) is 10.0 Å². The number of pyridine rings is 1. The second kappa shape index (κ2) is 3.04. The molecule has 0 aromatic carbocycles. The van der Waals surface area contributed by atoms with Crippen LogP contribution in [0.5, 0.6) is 0 Å². The minimum atomic E-state index is -2.75. The SMILES string of the molecule is CN1C(=O)C2(CC(F)(F)C2)c2nc(Br)ccc21. The van der Waals surface area contributed by atoms with Crippen LogP contribution in [0.25, 0.3) is 0 Å². The normalized spacial score (nSPS) is 23.8. The van der Waals surface area contributed by atoms with Crippen LogP contribution in [-0.4, -0.2) is 23.9 Å². The maximum atomic E-state index is 13.1. The van der Waals surface area contributed by atoms with Crippen molar-refractivity contribution in [2.45, 2.75) is 24.2 Å². The fraction of sp³-hybridized carbons (Fsp3) is 0.455. The molecule has 0 saturated heterocycles. The molecular weight excluding hydrogens is 294 g/mol. The standard InChI is InChI=1S/C11H9BrF2N2O/c1-16-6-2-3-7(12)15-8(6)10(9(16)17)4-11(13,14)5-10/h2-3H,4-5H2,1H3. The first-order valence-electron chi connectivity index (χ1n) is 5.19. The van der Waals surface area contributed by atoms with Gasteiger partial charge in [-0.2, -0.15) is 0 Å². The van der Waals surface area contributed by atoms with E-state index in [4.69, 9.17) is 0 Å². The molecule has 1 aromatic heterocycles. The van der Waals surface area contributed by atoms with Gasteiger partial charge in [0.2, 0.25) is 5.91 Å². The third-order valence-corrected chi connectivity index (χ3v) is 3.93. The number of hydrogen-bond donors (Lipinski definition) is 0. The summed E-state index contributed by atoms with van der Waals surface area (Å²) in [4.78, 5) is 17.7. The fourth-order valence-electron chi connectivity index (χ4n) is 2.73. The van der Waals surface area contributed by atoms with E-state index >= 15 is 0 Å². The van der Waals surface area contributed by atoms with Crippen LogP contribution in [0.15, 0.2) is 16.7 Å². The molecule has 3 nitrogen and oxygen atoms in total. The molecule has 1 spiro atoms. The van der Waals surface area contributed by atoms with E-state index in [0.29, 0.717) is 16.0 Å². The Balaban J connectivity index is 2.15. The molecule has 2 heterocycles. The van der Waals surface area contributed by atoms with Gasteiger partial charge in [0.15, 0.2) is 0 Å². The predicted molar refractivity (Wildman–Crippen MR) is 61.2 cm³/mol. The number of hydrogen-bond acceptors (Lipinski definition) is 2. The predicted octanol–water partition coefficient (Wildman–Crippen LogP) is 2.49. The Bertz CT molecular complexity index is 524. The molecule has 1 aliphatic carbocycles. The van der Waals surface area contributed by atoms with Gasteiger partial charge in [-0.15, -0.1) is 0 Å². The van der Waals surface area contributed by atoms with Crippen molar-refractivity contribution in [3.8, 4) is 0 Å². The zero-order chi connectivity index (χ0) is 12.4. The number of likely N-dealkylation sites (N-methyl/N-ethyl adjacent to an activating group) is 1. The van der Waals surface area contributed by atoms with E-state index in [1.807, 2.05) is 0 Å². The van der Waals surface area contributed by atoms with E-state index in [2.05, 4.69) is 20.9 Å². The zero-order valence-corrected chi connectivity index (χ0v) is 10.6. The van der Waals surface area contributed by atoms with Gasteiger partial charge < -0.3 is 4.90 Å². The topological polar surface area (TPSA) is 33.2 Å². The maximum Gasteiger partial charge on any atom is 0.251 e. The number of rotatable bonds is 0. The number of anilines is 1. The number of halogens is 3. The molecule has 0 radical (unpaired) electrons. The van der Waals surface area contributed by atoms with Crippen molar-refractivity contribution in [3.05, 3.63) is 22.4 Å². The van der Waals surface area contributed by atoms with E-state index in [9.17, 15) is 13.6 Å². The average Bonchev–Trinajstić information content (AvgIpc) is 2.40. The van der Waals surface area contributed by atoms with Crippen molar-refractivity contribution in [1.29, 1.82) is 0 Å². The highest BCUT2D eigenvalue weighted by atomic mass is 79.9. The van der Waals surface area contributed by atoms with Gasteiger partial charge >= 0.3 is 0 Å². The number of aromatic nitrogens is 1. The highest BCUT2D eigenvalue weighted by Gasteiger charge is 2.66. The van der Waals surface area contributed by atoms with Gasteiger partial charge in [-0.25, -0.2) is 13.8 Å². The number of nitrogens with zero attached hydrogens (tertiary/aromatic N) is 2. The van der Waals surface area contributed by atoms with Gasteiger partial charge in [-0.05, 0) is 28.1 Å². The molecule has 1 aromatic rings. The van der Waals surface area contributed by atoms with Crippen molar-refractivity contribution in [3.63, 3.8) is 0 Å². The van der Waals surface area contributed by atoms with Gasteiger partial charge in [0.05, 0.1) is 11.4 Å². The van der Waals surface area contributed by atoms with Crippen molar-refractivity contribution in [2.24, 2.45) is 0 Å². The molecule has 1 saturated carbocycles. The number of fused-ring (bicyclic) bond motifs is 2. The summed E-state index contributed by atoms with van der Waals surface area (Å²) in [5, 5.41) is 0. The fourth-order valence-corrected chi connectivity index (χ4v) is 3.04.